The number of carbonyl (C=O) groups is 4. The molecule has 3 aliphatic rings. The van der Waals surface area contributed by atoms with E-state index >= 15 is 0 Å². The number of halogens is 1. The van der Waals surface area contributed by atoms with E-state index in [1.165, 1.54) is 28.1 Å². The first-order valence-corrected chi connectivity index (χ1v) is 25.8. The second-order valence-electron chi connectivity index (χ2n) is 21.4. The molecule has 0 aliphatic carbocycles. The first-order chi connectivity index (χ1) is 34.7. The number of benzene rings is 2. The molecule has 0 spiro atoms. The number of imidazole rings is 1. The number of rotatable bonds is 11. The molecule has 0 bridgehead atoms. The van der Waals surface area contributed by atoms with Crippen LogP contribution in [0.2, 0.25) is 5.02 Å². The Morgan fingerprint density at radius 3 is 2.20 bits per heavy atom. The monoisotopic (exact) mass is 1060 g/mol. The number of aliphatic hydroxyl groups is 3. The fourth-order valence-corrected chi connectivity index (χ4v) is 11.3. The number of esters is 1. The van der Waals surface area contributed by atoms with Gasteiger partial charge in [-0.05, 0) is 105 Å². The third-order valence-corrected chi connectivity index (χ3v) is 15.9. The zero-order chi connectivity index (χ0) is 54.8. The standard InChI is InChI=1S/C53H78ClN5O15/c1-15-38-53(10,66)43(62)28(4)40(60)26(2)24-51(8,67-13)44(73-49-41(61)37(59(11)12)22-27(3)69-49)29(5)42(30(6)48(64)71-38)72-39-25-52(9,68-14)45(31(7)70-39)74-50(65)58-57-47(63)32-20-21-35-36(23-32)56-46(55-35)33-18-16-17-19-34(33)54/h16-21,23,26-31,37-39,41-45,49,61-62,66H,15,22,24-25H2,1-14H3,(H,55,56)(H,57,63)(H,58,65)/t26-,27-,28+,29+,30-,31+,37+,38-,39+,41-,42+,43-,44-,45+,49+,51-,52-,53-/m1/s1. The van der Waals surface area contributed by atoms with E-state index < -0.39 is 114 Å². The van der Waals surface area contributed by atoms with Crippen molar-refractivity contribution in [3.63, 3.8) is 0 Å². The summed E-state index contributed by atoms with van der Waals surface area (Å²) in [6, 6.07) is 11.7. The average molecular weight is 1060 g/mol. The molecule has 74 heavy (non-hydrogen) atoms. The zero-order valence-corrected chi connectivity index (χ0v) is 45.8. The van der Waals surface area contributed by atoms with Crippen LogP contribution in [0, 0.1) is 23.7 Å². The van der Waals surface area contributed by atoms with E-state index in [1.807, 2.05) is 44.1 Å². The Morgan fingerprint density at radius 1 is 0.905 bits per heavy atom. The van der Waals surface area contributed by atoms with Gasteiger partial charge in [0.15, 0.2) is 18.7 Å². The highest BCUT2D eigenvalue weighted by Gasteiger charge is 2.55. The number of methoxy groups -OCH3 is 2. The van der Waals surface area contributed by atoms with Crippen LogP contribution in [0.5, 0.6) is 0 Å². The van der Waals surface area contributed by atoms with Gasteiger partial charge in [-0.1, -0.05) is 51.4 Å². The van der Waals surface area contributed by atoms with Crippen LogP contribution in [-0.2, 0) is 47.5 Å². The summed E-state index contributed by atoms with van der Waals surface area (Å²) in [5.41, 5.74) is 2.10. The van der Waals surface area contributed by atoms with E-state index in [-0.39, 0.29) is 42.8 Å². The van der Waals surface area contributed by atoms with Crippen LogP contribution >= 0.6 is 11.6 Å². The van der Waals surface area contributed by atoms with Gasteiger partial charge < -0.3 is 63.1 Å². The van der Waals surface area contributed by atoms with Crippen LogP contribution in [0.15, 0.2) is 42.5 Å². The van der Waals surface area contributed by atoms with Gasteiger partial charge in [0, 0.05) is 55.6 Å². The van der Waals surface area contributed by atoms with Gasteiger partial charge in [0.25, 0.3) is 5.91 Å². The number of hydrogen-bond donors (Lipinski definition) is 6. The molecule has 2 amide bonds. The van der Waals surface area contributed by atoms with E-state index in [4.69, 9.17) is 49.5 Å². The Balaban J connectivity index is 1.26. The van der Waals surface area contributed by atoms with Gasteiger partial charge in [0.2, 0.25) is 0 Å². The summed E-state index contributed by atoms with van der Waals surface area (Å²) < 4.78 is 50.9. The van der Waals surface area contributed by atoms with Gasteiger partial charge in [-0.15, -0.1) is 0 Å². The number of Topliss-reactive ketones (excluding diaryl/α,β-unsaturated/α-hetero) is 1. The lowest BCUT2D eigenvalue weighted by atomic mass is 9.74. The van der Waals surface area contributed by atoms with Crippen LogP contribution in [0.3, 0.4) is 0 Å². The summed E-state index contributed by atoms with van der Waals surface area (Å²) >= 11 is 6.38. The predicted octanol–water partition coefficient (Wildman–Crippen LogP) is 5.72. The predicted molar refractivity (Wildman–Crippen MR) is 272 cm³/mol. The molecule has 21 heteroatoms. The average Bonchev–Trinajstić information content (AvgIpc) is 3.79. The maximum Gasteiger partial charge on any atom is 0.426 e. The lowest BCUT2D eigenvalue weighted by molar-refractivity contribution is -0.319. The molecular formula is C53H78ClN5O15. The number of ketones is 1. The van der Waals surface area contributed by atoms with Crippen molar-refractivity contribution in [1.29, 1.82) is 0 Å². The highest BCUT2D eigenvalue weighted by Crippen LogP contribution is 2.42. The third-order valence-electron chi connectivity index (χ3n) is 15.6. The van der Waals surface area contributed by atoms with E-state index in [0.29, 0.717) is 33.9 Å². The molecular weight excluding hydrogens is 982 g/mol. The number of nitrogens with one attached hydrogen (secondary N) is 3. The number of cyclic esters (lactones) is 1. The lowest BCUT2D eigenvalue weighted by Gasteiger charge is -2.50. The largest absolute Gasteiger partial charge is 0.459 e. The van der Waals surface area contributed by atoms with Crippen LogP contribution in [0.4, 0.5) is 4.79 Å². The van der Waals surface area contributed by atoms with Crippen molar-refractivity contribution >= 4 is 46.4 Å². The number of aliphatic hydroxyl groups excluding tert-OH is 2. The van der Waals surface area contributed by atoms with Crippen molar-refractivity contribution in [2.45, 2.75) is 179 Å². The summed E-state index contributed by atoms with van der Waals surface area (Å²) in [6.45, 7) is 16.7. The van der Waals surface area contributed by atoms with Gasteiger partial charge in [-0.25, -0.2) is 15.2 Å². The maximum absolute atomic E-state index is 14.6. The molecule has 6 rings (SSSR count). The van der Waals surface area contributed by atoms with Gasteiger partial charge in [-0.3, -0.25) is 19.8 Å². The van der Waals surface area contributed by atoms with Crippen molar-refractivity contribution < 1.29 is 72.4 Å². The normalized spacial score (nSPS) is 37.7. The lowest BCUT2D eigenvalue weighted by Crippen LogP contribution is -2.62. The smallest absolute Gasteiger partial charge is 0.426 e. The Kier molecular flexibility index (Phi) is 19.1. The van der Waals surface area contributed by atoms with Crippen molar-refractivity contribution in [2.24, 2.45) is 23.7 Å². The summed E-state index contributed by atoms with van der Waals surface area (Å²) in [6.07, 6.45) is -11.2. The molecule has 0 unspecified atom stereocenters. The second kappa shape index (κ2) is 23.9. The molecule has 3 aromatic rings. The van der Waals surface area contributed by atoms with Crippen LogP contribution < -0.4 is 10.9 Å². The first kappa shape index (κ1) is 58.9. The van der Waals surface area contributed by atoms with Gasteiger partial charge in [0.05, 0.1) is 58.1 Å². The molecule has 0 radical (unpaired) electrons. The number of hydrazine groups is 1. The highest BCUT2D eigenvalue weighted by molar-refractivity contribution is 6.33. The molecule has 2 aromatic carbocycles. The molecule has 20 nitrogen and oxygen atoms in total. The Labute approximate surface area is 438 Å². The van der Waals surface area contributed by atoms with Crippen molar-refractivity contribution in [3.05, 3.63) is 53.1 Å². The van der Waals surface area contributed by atoms with Crippen LogP contribution in [0.25, 0.3) is 22.4 Å². The van der Waals surface area contributed by atoms with E-state index in [2.05, 4.69) is 20.8 Å². The van der Waals surface area contributed by atoms with E-state index in [1.54, 1.807) is 72.7 Å². The van der Waals surface area contributed by atoms with Gasteiger partial charge in [0.1, 0.15) is 35.0 Å². The minimum absolute atomic E-state index is 0.0415. The fourth-order valence-electron chi connectivity index (χ4n) is 11.0. The molecule has 3 saturated heterocycles. The minimum Gasteiger partial charge on any atom is -0.459 e. The Morgan fingerprint density at radius 2 is 1.57 bits per heavy atom. The van der Waals surface area contributed by atoms with Gasteiger partial charge in [-0.2, -0.15) is 0 Å². The number of aromatic amines is 1. The van der Waals surface area contributed by atoms with E-state index in [9.17, 15) is 34.5 Å². The highest BCUT2D eigenvalue weighted by atomic mass is 35.5. The van der Waals surface area contributed by atoms with Crippen molar-refractivity contribution in [3.8, 4) is 11.4 Å². The number of aromatic nitrogens is 2. The number of nitrogens with zero attached hydrogens (tertiary/aromatic N) is 2. The molecule has 1 aromatic heterocycles. The minimum atomic E-state index is -2.04. The zero-order valence-electron chi connectivity index (χ0n) is 45.0. The number of H-pyrrole nitrogens is 1. The topological polar surface area (TPSA) is 259 Å². The first-order valence-electron chi connectivity index (χ1n) is 25.4. The number of carbonyl (C=O) groups excluding carboxylic acids is 4. The molecule has 0 saturated carbocycles. The molecule has 18 atom stereocenters. The number of amides is 2. The second-order valence-corrected chi connectivity index (χ2v) is 21.8. The molecule has 4 heterocycles. The summed E-state index contributed by atoms with van der Waals surface area (Å²) in [5, 5.41) is 35.7. The molecule has 6 N–H and O–H groups in total. The van der Waals surface area contributed by atoms with Crippen LogP contribution in [-0.4, -0.2) is 167 Å². The number of hydrogen-bond acceptors (Lipinski definition) is 17. The molecule has 3 aliphatic heterocycles. The number of fused-ring (bicyclic) bond motifs is 1. The van der Waals surface area contributed by atoms with Crippen molar-refractivity contribution in [1.82, 2.24) is 25.7 Å². The molecule has 3 fully saturated rings. The van der Waals surface area contributed by atoms with E-state index in [0.717, 1.165) is 0 Å². The Hall–Kier alpha value is -4.32. The Bertz CT molecular complexity index is 2440. The summed E-state index contributed by atoms with van der Waals surface area (Å²) in [5.74, 6) is -5.07. The van der Waals surface area contributed by atoms with Crippen LogP contribution in [0.1, 0.15) is 105 Å². The van der Waals surface area contributed by atoms with Gasteiger partial charge >= 0.3 is 12.1 Å². The summed E-state index contributed by atoms with van der Waals surface area (Å²) in [4.78, 5) is 65.2. The third kappa shape index (κ3) is 12.6. The number of likely N-dealkylation sites (N-methyl/N-ethyl adjacent to an activating group) is 1. The molecule has 412 valence electrons. The quantitative estimate of drug-likeness (QED) is 0.0992. The van der Waals surface area contributed by atoms with Crippen molar-refractivity contribution in [2.75, 3.05) is 28.3 Å². The fraction of sp³-hybridized carbons (Fsp3) is 0.679. The maximum atomic E-state index is 14.6. The SMILES string of the molecule is CC[C@H]1OC(=O)[C@H](C)[C@@H](O[C@H]2C[C@@](C)(OC)[C@@H](OC(=O)NNC(=O)c3ccc4nc(-c5ccccc5Cl)[nH]c4c3)[C@H](C)O2)[C@H](C)[C@@H](O[C@@H]2O[C@H](C)C[C@H](N(C)C)[C@H]2O)[C@](C)(OC)C[C@@H](C)C(=O)[C@H](C)[C@@H](O)[C@]1(C)O. The summed E-state index contributed by atoms with van der Waals surface area (Å²) in [7, 11) is 6.63. The number of ether oxygens (including phenoxy) is 8.